The van der Waals surface area contributed by atoms with E-state index in [4.69, 9.17) is 22.3 Å². The molecule has 0 saturated carbocycles. The van der Waals surface area contributed by atoms with Crippen LogP contribution in [0, 0.1) is 0 Å². The maximum atomic E-state index is 8.74. The molecule has 66 valence electrons. The fourth-order valence-electron chi connectivity index (χ4n) is 0.204. The van der Waals surface area contributed by atoms with Crippen molar-refractivity contribution < 1.29 is 22.3 Å². The third-order valence-electron chi connectivity index (χ3n) is 0.408. The summed E-state index contributed by atoms with van der Waals surface area (Å²) in [4.78, 5) is 0. The number of ether oxygens (including phenoxy) is 1. The van der Waals surface area contributed by atoms with E-state index in [1.165, 1.54) is 0 Å². The second-order valence-corrected chi connectivity index (χ2v) is 2.12. The van der Waals surface area contributed by atoms with Gasteiger partial charge in [-0.2, -0.15) is 8.42 Å². The van der Waals surface area contributed by atoms with Gasteiger partial charge in [-0.25, -0.2) is 0 Å². The van der Waals surface area contributed by atoms with Crippen LogP contribution in [0.5, 0.6) is 0 Å². The van der Waals surface area contributed by atoms with Crippen LogP contribution in [0.4, 0.5) is 0 Å². The van der Waals surface area contributed by atoms with Crippen LogP contribution in [-0.2, 0) is 15.1 Å². The van der Waals surface area contributed by atoms with Crippen LogP contribution >= 0.6 is 0 Å². The van der Waals surface area contributed by atoms with E-state index >= 15 is 0 Å². The molecule has 0 aliphatic rings. The third kappa shape index (κ3) is 85.5. The van der Waals surface area contributed by atoms with Gasteiger partial charge in [0.1, 0.15) is 0 Å². The summed E-state index contributed by atoms with van der Waals surface area (Å²) < 4.78 is 36.4. The fraction of sp³-hybridized carbons (Fsp3) is 1.00. The summed E-state index contributed by atoms with van der Waals surface area (Å²) in [6.45, 7) is 5.67. The molecular formula is C4H13KO5S. The Morgan fingerprint density at radius 3 is 1.36 bits per heavy atom. The molecule has 7 heteroatoms. The van der Waals surface area contributed by atoms with Crippen LogP contribution in [0.25, 0.3) is 0 Å². The van der Waals surface area contributed by atoms with Gasteiger partial charge in [0.15, 0.2) is 0 Å². The first kappa shape index (κ1) is 18.3. The average Bonchev–Trinajstić information content (AvgIpc) is 1.63. The van der Waals surface area contributed by atoms with Crippen molar-refractivity contribution in [2.75, 3.05) is 13.2 Å². The maximum absolute atomic E-state index is 8.74. The minimum absolute atomic E-state index is 0. The molecule has 0 bridgehead atoms. The predicted molar refractivity (Wildman–Crippen MR) is 43.5 cm³/mol. The van der Waals surface area contributed by atoms with Gasteiger partial charge in [-0.1, -0.05) is 0 Å². The van der Waals surface area contributed by atoms with Gasteiger partial charge in [-0.3, -0.25) is 9.11 Å². The predicted octanol–water partition coefficient (Wildman–Crippen LogP) is -0.259. The molecule has 0 aromatic heterocycles. The Labute approximate surface area is 110 Å². The Kier molecular flexibility index (Phi) is 19.1. The Hall–Kier alpha value is 1.47. The van der Waals surface area contributed by atoms with E-state index in [1.54, 1.807) is 0 Å². The van der Waals surface area contributed by atoms with E-state index in [0.29, 0.717) is 0 Å². The van der Waals surface area contributed by atoms with E-state index < -0.39 is 10.4 Å². The van der Waals surface area contributed by atoms with E-state index in [9.17, 15) is 0 Å². The SMILES string of the molecule is CCOCC.O=S(=O)(O)O.[KH]. The standard InChI is InChI=1S/C4H10O.K.H2O4S.H/c1-3-5-4-2;;1-5(2,3)4;/h3-4H2,1-2H3;;(H2,1,2,3,4);. The van der Waals surface area contributed by atoms with Gasteiger partial charge in [-0.05, 0) is 13.8 Å². The van der Waals surface area contributed by atoms with Crippen LogP contribution in [0.3, 0.4) is 0 Å². The zero-order chi connectivity index (χ0) is 8.62. The van der Waals surface area contributed by atoms with E-state index in [2.05, 4.69) is 0 Å². The normalized spacial score (nSPS) is 9.09. The monoisotopic (exact) mass is 212 g/mol. The van der Waals surface area contributed by atoms with Crippen molar-refractivity contribution in [3.63, 3.8) is 0 Å². The zero-order valence-corrected chi connectivity index (χ0v) is 6.76. The molecule has 0 unspecified atom stereocenters. The van der Waals surface area contributed by atoms with Crippen LogP contribution in [0.1, 0.15) is 13.8 Å². The Morgan fingerprint density at radius 2 is 1.36 bits per heavy atom. The molecule has 0 aromatic rings. The summed E-state index contributed by atoms with van der Waals surface area (Å²) in [6.07, 6.45) is 0. The summed E-state index contributed by atoms with van der Waals surface area (Å²) >= 11 is 0. The molecule has 0 fully saturated rings. The van der Waals surface area contributed by atoms with Crippen molar-refractivity contribution in [2.45, 2.75) is 13.8 Å². The van der Waals surface area contributed by atoms with Gasteiger partial charge < -0.3 is 4.74 Å². The fourth-order valence-corrected chi connectivity index (χ4v) is 0.204. The first-order chi connectivity index (χ1) is 4.41. The first-order valence-electron chi connectivity index (χ1n) is 2.69. The average molecular weight is 212 g/mol. The van der Waals surface area contributed by atoms with Crippen LogP contribution < -0.4 is 0 Å². The molecule has 0 aliphatic carbocycles. The molecule has 0 radical (unpaired) electrons. The van der Waals surface area contributed by atoms with Crippen molar-refractivity contribution in [1.29, 1.82) is 0 Å². The Bertz CT molecular complexity index is 133. The van der Waals surface area contributed by atoms with Gasteiger partial charge in [0, 0.05) is 13.2 Å². The molecule has 0 atom stereocenters. The van der Waals surface area contributed by atoms with Crippen molar-refractivity contribution in [3.05, 3.63) is 0 Å². The second kappa shape index (κ2) is 11.5. The molecule has 0 aromatic carbocycles. The molecule has 0 amide bonds. The van der Waals surface area contributed by atoms with Crippen LogP contribution in [-0.4, -0.2) is 82.1 Å². The molecule has 5 nitrogen and oxygen atoms in total. The molecule has 0 aliphatic heterocycles. The van der Waals surface area contributed by atoms with E-state index in [-0.39, 0.29) is 51.4 Å². The molecule has 0 heterocycles. The van der Waals surface area contributed by atoms with Crippen molar-refractivity contribution in [3.8, 4) is 0 Å². The molecule has 0 rings (SSSR count). The first-order valence-corrected chi connectivity index (χ1v) is 4.09. The van der Waals surface area contributed by atoms with Gasteiger partial charge in [0.2, 0.25) is 0 Å². The quantitative estimate of drug-likeness (QED) is 0.487. The number of hydrogen-bond donors (Lipinski definition) is 2. The Morgan fingerprint density at radius 1 is 1.18 bits per heavy atom. The summed E-state index contributed by atoms with van der Waals surface area (Å²) in [6, 6.07) is 0. The van der Waals surface area contributed by atoms with Crippen LogP contribution in [0.15, 0.2) is 0 Å². The minimum atomic E-state index is -4.67. The van der Waals surface area contributed by atoms with Gasteiger partial charge >= 0.3 is 61.8 Å². The molecule has 0 spiro atoms. The van der Waals surface area contributed by atoms with Crippen molar-refractivity contribution >= 4 is 61.8 Å². The third-order valence-corrected chi connectivity index (χ3v) is 0.408. The molecular weight excluding hydrogens is 199 g/mol. The summed E-state index contributed by atoms with van der Waals surface area (Å²) in [7, 11) is -4.67. The topological polar surface area (TPSA) is 83.8 Å². The van der Waals surface area contributed by atoms with E-state index in [1.807, 2.05) is 13.8 Å². The molecule has 11 heavy (non-hydrogen) atoms. The van der Waals surface area contributed by atoms with Crippen molar-refractivity contribution in [2.24, 2.45) is 0 Å². The summed E-state index contributed by atoms with van der Waals surface area (Å²) in [5, 5.41) is 0. The number of rotatable bonds is 2. The number of hydrogen-bond acceptors (Lipinski definition) is 3. The summed E-state index contributed by atoms with van der Waals surface area (Å²) in [5.41, 5.74) is 0. The van der Waals surface area contributed by atoms with Gasteiger partial charge in [0.05, 0.1) is 0 Å². The Balaban J connectivity index is -0.000000107. The van der Waals surface area contributed by atoms with Gasteiger partial charge in [-0.15, -0.1) is 0 Å². The van der Waals surface area contributed by atoms with Gasteiger partial charge in [0.25, 0.3) is 0 Å². The van der Waals surface area contributed by atoms with Crippen LogP contribution in [0.2, 0.25) is 0 Å². The molecule has 0 saturated heterocycles. The van der Waals surface area contributed by atoms with Crippen molar-refractivity contribution in [1.82, 2.24) is 0 Å². The summed E-state index contributed by atoms with van der Waals surface area (Å²) in [5.74, 6) is 0. The second-order valence-electron chi connectivity index (χ2n) is 1.23. The molecule has 2 N–H and O–H groups in total. The van der Waals surface area contributed by atoms with E-state index in [0.717, 1.165) is 13.2 Å². The zero-order valence-electron chi connectivity index (χ0n) is 5.94.